The zero-order chi connectivity index (χ0) is 97.2. The fraction of sp³-hybridized carbons (Fsp3) is 0.0462. The summed E-state index contributed by atoms with van der Waals surface area (Å²) in [6.07, 6.45) is 17.6. The van der Waals surface area contributed by atoms with Crippen molar-refractivity contribution in [3.8, 4) is 44.5 Å². The van der Waals surface area contributed by atoms with Crippen molar-refractivity contribution in [3.63, 3.8) is 0 Å². The Morgan fingerprint density at radius 2 is 0.404 bits per heavy atom. The van der Waals surface area contributed by atoms with Crippen LogP contribution in [0.5, 0.6) is 0 Å². The van der Waals surface area contributed by atoms with Gasteiger partial charge in [0.2, 0.25) is 0 Å². The first-order valence-corrected chi connectivity index (χ1v) is 54.4. The summed E-state index contributed by atoms with van der Waals surface area (Å²) < 4.78 is 29.3. The van der Waals surface area contributed by atoms with Crippen LogP contribution in [0.15, 0.2) is 488 Å². The second-order valence-corrected chi connectivity index (χ2v) is 41.4. The van der Waals surface area contributed by atoms with Crippen LogP contribution in [0.4, 0.5) is 0 Å². The van der Waals surface area contributed by atoms with Crippen molar-refractivity contribution in [1.82, 2.24) is 0 Å². The number of benzene rings is 22. The molecule has 141 heavy (non-hydrogen) atoms. The molecule has 3 nitrogen and oxygen atoms in total. The van der Waals surface area contributed by atoms with Crippen LogP contribution in [-0.4, -0.2) is 13.2 Å². The van der Waals surface area contributed by atoms with Crippen molar-refractivity contribution < 1.29 is 13.6 Å². The maximum atomic E-state index is 12.2. The van der Waals surface area contributed by atoms with E-state index in [4.69, 9.17) is 9.05 Å². The SMILES string of the molecule is BrCc1cccc(Br)c1.Brc1c2ccccc2c(-c2c3ccccc3c(Br)c3ccccc23)c2ccccc12.Brc1cccc(/C=C/c2ccccc2)c1.Brc1cccc(/C=C/c2ccccc2)c1.C(=C\c1cccc(-c2c3ccccc3c(-c3c4ccccc4c(-c4cccc(/C=C/c5ccccc5)c4)c4ccccc34)c3ccccc23)c1)/c1ccccc1.CCOP(=O)(Cc1cccc(Br)c1)OCC. The summed E-state index contributed by atoms with van der Waals surface area (Å²) in [5, 5.41) is 20.9. The number of alkyl halides is 1. The maximum Gasteiger partial charge on any atom is 0.335 e. The molecule has 11 heteroatoms. The molecule has 0 atom stereocenters. The molecular formula is C130H98Br7O3P. The van der Waals surface area contributed by atoms with Crippen molar-refractivity contribution in [2.24, 2.45) is 0 Å². The molecule has 0 amide bonds. The van der Waals surface area contributed by atoms with E-state index in [1.165, 1.54) is 181 Å². The lowest BCUT2D eigenvalue weighted by molar-refractivity contribution is 0.219. The van der Waals surface area contributed by atoms with Crippen LogP contribution in [0, 0.1) is 0 Å². The fourth-order valence-electron chi connectivity index (χ4n) is 18.0. The van der Waals surface area contributed by atoms with Gasteiger partial charge in [-0.1, -0.05) is 529 Å². The summed E-state index contributed by atoms with van der Waals surface area (Å²) in [5.74, 6) is 0. The van der Waals surface area contributed by atoms with E-state index in [1.54, 1.807) is 0 Å². The van der Waals surface area contributed by atoms with E-state index in [2.05, 4.69) is 524 Å². The lowest BCUT2D eigenvalue weighted by atomic mass is 9.81. The summed E-state index contributed by atoms with van der Waals surface area (Å²) in [4.78, 5) is 0. The monoisotopic (exact) mass is 2290 g/mol. The molecule has 22 aromatic rings. The molecule has 0 aliphatic heterocycles. The van der Waals surface area contributed by atoms with Gasteiger partial charge in [0.1, 0.15) is 0 Å². The summed E-state index contributed by atoms with van der Waals surface area (Å²) >= 11 is 24.8. The molecule has 0 bridgehead atoms. The lowest BCUT2D eigenvalue weighted by Crippen LogP contribution is -1.99. The zero-order valence-corrected chi connectivity index (χ0v) is 89.6. The number of hydrogen-bond acceptors (Lipinski definition) is 3. The Kier molecular flexibility index (Phi) is 34.9. The normalized spacial score (nSPS) is 11.4. The van der Waals surface area contributed by atoms with Gasteiger partial charge in [0.15, 0.2) is 0 Å². The summed E-state index contributed by atoms with van der Waals surface area (Å²) in [7, 11) is -2.98. The third-order valence-corrected chi connectivity index (χ3v) is 30.6. The number of hydrogen-bond donors (Lipinski definition) is 0. The third kappa shape index (κ3) is 25.1. The van der Waals surface area contributed by atoms with Crippen LogP contribution in [-0.2, 0) is 25.1 Å². The van der Waals surface area contributed by atoms with E-state index in [-0.39, 0.29) is 0 Å². The van der Waals surface area contributed by atoms with E-state index >= 15 is 0 Å². The molecule has 690 valence electrons. The molecule has 0 aliphatic carbocycles. The quantitative estimate of drug-likeness (QED) is 0.0350. The third-order valence-electron chi connectivity index (χ3n) is 24.2. The second-order valence-electron chi connectivity index (χ2n) is 33.6. The minimum absolute atomic E-state index is 0.314. The van der Waals surface area contributed by atoms with Crippen LogP contribution < -0.4 is 0 Å². The molecule has 0 heterocycles. The number of fused-ring (bicyclic) bond motifs is 8. The predicted octanol–water partition coefficient (Wildman–Crippen LogP) is 41.9. The van der Waals surface area contributed by atoms with Crippen molar-refractivity contribution in [2.75, 3.05) is 13.2 Å². The van der Waals surface area contributed by atoms with Crippen LogP contribution in [0.2, 0.25) is 0 Å². The average molecular weight is 2300 g/mol. The van der Waals surface area contributed by atoms with Gasteiger partial charge in [-0.15, -0.1) is 0 Å². The van der Waals surface area contributed by atoms with Gasteiger partial charge >= 0.3 is 7.60 Å². The van der Waals surface area contributed by atoms with Gasteiger partial charge in [-0.25, -0.2) is 0 Å². The summed E-state index contributed by atoms with van der Waals surface area (Å²) in [6.45, 7) is 4.41. The first-order chi connectivity index (χ1) is 69.2. The molecule has 22 rings (SSSR count). The Labute approximate surface area is 885 Å². The first kappa shape index (κ1) is 99.9. The minimum atomic E-state index is -2.98. The van der Waals surface area contributed by atoms with Crippen LogP contribution in [0.1, 0.15) is 69.5 Å². The standard InChI is InChI=1S/C56H38.C28H16Br2.2C14H11Br.C11H16BrO3P.C7H6Br2/c1-3-17-39(18-4-1)33-35-41-21-15-23-43(37-41)53-45-25-7-11-29-49(45)55(50-30-12-8-26-46(50)53)56-51-31-13-9-27-47(51)54(48-28-10-14-32-52(48)56)44-24-16-22-42(38-44)36-34-40-19-5-2-6-20-40;29-27-21-13-5-1-9-17(21)25(18-10-2-6-14-22(18)27)26-19-11-3-7-15-23(19)28(30)24-16-8-4-12-20(24)26;2*15-14-8-4-7-13(11-14)10-9-12-5-2-1-3-6-12;1-3-14-16(13,15-4-2)9-10-6-5-7-11(12)8-10;8-5-6-2-1-3-7(9)4-6/h1-38H;1-16H;2*1-11H;5-8H,3-4,9H2,1-2H3;1-4H,5H2/b35-33+,36-34+;;2*10-9+;;. The Balaban J connectivity index is 0.000000133. The van der Waals surface area contributed by atoms with Crippen LogP contribution in [0.3, 0.4) is 0 Å². The highest BCUT2D eigenvalue weighted by Gasteiger charge is 2.27. The van der Waals surface area contributed by atoms with Gasteiger partial charge < -0.3 is 9.05 Å². The van der Waals surface area contributed by atoms with Crippen molar-refractivity contribution in [2.45, 2.75) is 25.3 Å². The minimum Gasteiger partial charge on any atom is -0.309 e. The van der Waals surface area contributed by atoms with E-state index < -0.39 is 7.60 Å². The highest BCUT2D eigenvalue weighted by molar-refractivity contribution is 9.11. The topological polar surface area (TPSA) is 35.5 Å². The molecular weight excluding hydrogens is 2200 g/mol. The number of halogens is 7. The predicted molar refractivity (Wildman–Crippen MR) is 635 cm³/mol. The molecule has 0 aromatic heterocycles. The Hall–Kier alpha value is -12.6. The van der Waals surface area contributed by atoms with Gasteiger partial charge in [0.25, 0.3) is 0 Å². The van der Waals surface area contributed by atoms with E-state index in [1.807, 2.05) is 111 Å². The fourth-order valence-corrected chi connectivity index (χ4v) is 23.1. The molecule has 0 saturated heterocycles. The Morgan fingerprint density at radius 1 is 0.206 bits per heavy atom. The second kappa shape index (κ2) is 49.2. The van der Waals surface area contributed by atoms with E-state index in [0.717, 1.165) is 37.7 Å². The van der Waals surface area contributed by atoms with Crippen molar-refractivity contribution in [1.29, 1.82) is 0 Å². The largest absolute Gasteiger partial charge is 0.335 e. The first-order valence-electron chi connectivity index (χ1n) is 46.8. The highest BCUT2D eigenvalue weighted by Crippen LogP contribution is 2.54. The van der Waals surface area contributed by atoms with Crippen LogP contribution in [0.25, 0.3) is 179 Å². The molecule has 0 N–H and O–H groups in total. The van der Waals surface area contributed by atoms with Crippen LogP contribution >= 0.6 is 119 Å². The maximum absolute atomic E-state index is 12.2. The summed E-state index contributed by atoms with van der Waals surface area (Å²) in [6, 6.07) is 163. The lowest BCUT2D eigenvalue weighted by Gasteiger charge is -2.22. The molecule has 0 unspecified atom stereocenters. The van der Waals surface area contributed by atoms with Gasteiger partial charge in [0.05, 0.1) is 19.4 Å². The van der Waals surface area contributed by atoms with E-state index in [9.17, 15) is 4.57 Å². The van der Waals surface area contributed by atoms with Crippen molar-refractivity contribution >= 4 is 254 Å². The molecule has 0 saturated carbocycles. The van der Waals surface area contributed by atoms with Gasteiger partial charge in [-0.3, -0.25) is 4.57 Å². The number of rotatable bonds is 19. The molecule has 0 spiro atoms. The van der Waals surface area contributed by atoms with Gasteiger partial charge in [0, 0.05) is 32.2 Å². The Morgan fingerprint density at radius 3 is 0.652 bits per heavy atom. The molecule has 22 aromatic carbocycles. The van der Waals surface area contributed by atoms with Gasteiger partial charge in [-0.05, 0) is 293 Å². The van der Waals surface area contributed by atoms with E-state index in [0.29, 0.717) is 19.4 Å². The highest BCUT2D eigenvalue weighted by atomic mass is 79.9. The average Bonchev–Trinajstić information content (AvgIpc) is 0.710. The van der Waals surface area contributed by atoms with Gasteiger partial charge in [-0.2, -0.15) is 0 Å². The zero-order valence-electron chi connectivity index (χ0n) is 77.6. The molecule has 0 fully saturated rings. The van der Waals surface area contributed by atoms with Crippen molar-refractivity contribution in [3.05, 3.63) is 544 Å². The smallest absolute Gasteiger partial charge is 0.309 e. The summed E-state index contributed by atoms with van der Waals surface area (Å²) in [5.41, 5.74) is 21.9. The molecule has 0 aliphatic rings. The Bertz CT molecular complexity index is 7660. The molecule has 0 radical (unpaired) electrons.